The number of aliphatic hydroxyl groups excluding tert-OH is 2. The first kappa shape index (κ1) is 27.9. The molecule has 2 N–H and O–H groups in total. The number of cyclic esters (lactones) is 1. The monoisotopic (exact) mass is 513 g/mol. The van der Waals surface area contributed by atoms with Gasteiger partial charge in [-0.1, -0.05) is 32.8 Å². The van der Waals surface area contributed by atoms with E-state index >= 15 is 0 Å². The van der Waals surface area contributed by atoms with Crippen LogP contribution >= 0.6 is 0 Å². The normalized spacial score (nSPS) is 37.4. The molecule has 1 spiro atoms. The van der Waals surface area contributed by atoms with E-state index in [1.54, 1.807) is 6.20 Å². The van der Waals surface area contributed by atoms with Crippen LogP contribution in [-0.2, 0) is 19.1 Å². The number of fused-ring (bicyclic) bond motifs is 1. The van der Waals surface area contributed by atoms with Gasteiger partial charge in [-0.25, -0.2) is 0 Å². The van der Waals surface area contributed by atoms with Gasteiger partial charge >= 0.3 is 5.97 Å². The first-order valence-corrected chi connectivity index (χ1v) is 14.0. The van der Waals surface area contributed by atoms with Crippen molar-refractivity contribution in [3.05, 3.63) is 35.7 Å². The van der Waals surface area contributed by atoms with Crippen LogP contribution in [0.4, 0.5) is 0 Å². The molecule has 3 heterocycles. The van der Waals surface area contributed by atoms with Gasteiger partial charge in [-0.3, -0.25) is 14.6 Å². The minimum absolute atomic E-state index is 0.0432. The first-order valence-electron chi connectivity index (χ1n) is 14.0. The highest BCUT2D eigenvalue weighted by molar-refractivity contribution is 5.89. The molecular weight excluding hydrogens is 470 g/mol. The highest BCUT2D eigenvalue weighted by Crippen LogP contribution is 2.49. The second-order valence-corrected chi connectivity index (χ2v) is 11.7. The second-order valence-electron chi connectivity index (χ2n) is 11.7. The number of aromatic nitrogens is 1. The average Bonchev–Trinajstić information content (AvgIpc) is 3.46. The van der Waals surface area contributed by atoms with Gasteiger partial charge in [-0.2, -0.15) is 0 Å². The third kappa shape index (κ3) is 5.99. The molecule has 1 aliphatic carbocycles. The van der Waals surface area contributed by atoms with Crippen LogP contribution in [0.25, 0.3) is 6.08 Å². The van der Waals surface area contributed by atoms with E-state index in [4.69, 9.17) is 9.47 Å². The first-order chi connectivity index (χ1) is 17.6. The standard InChI is InChI=1S/C30H43NO6/c1-5-22-27(34)19(2)10-8-12-29(4)25(37-29)17-23(20(3)16-21-11-6-7-15-31-21)36-26(33)18-24(32)30(28(22)35)13-9-14-30/h6-7,11,15-16,19,22-25,27,32,34H,5,8-10,12-14,17-18H2,1-4H3/t19-,22+,23-,24-,25+,27-,29-/m0/s1. The average molecular weight is 514 g/mol. The molecule has 3 fully saturated rings. The van der Waals surface area contributed by atoms with Crippen LogP contribution in [0.5, 0.6) is 0 Å². The number of carbonyl (C=O) groups excluding carboxylic acids is 2. The van der Waals surface area contributed by atoms with Crippen molar-refractivity contribution in [2.45, 2.75) is 115 Å². The molecule has 3 aliphatic rings. The summed E-state index contributed by atoms with van der Waals surface area (Å²) in [4.78, 5) is 31.2. The predicted molar refractivity (Wildman–Crippen MR) is 140 cm³/mol. The van der Waals surface area contributed by atoms with Crippen LogP contribution in [0, 0.1) is 17.3 Å². The Morgan fingerprint density at radius 2 is 1.95 bits per heavy atom. The summed E-state index contributed by atoms with van der Waals surface area (Å²) in [5, 5.41) is 22.3. The minimum Gasteiger partial charge on any atom is -0.458 e. The lowest BCUT2D eigenvalue weighted by molar-refractivity contribution is -0.162. The Morgan fingerprint density at radius 1 is 1.19 bits per heavy atom. The molecule has 2 aliphatic heterocycles. The van der Waals surface area contributed by atoms with Gasteiger partial charge in [-0.05, 0) is 75.7 Å². The van der Waals surface area contributed by atoms with E-state index in [2.05, 4.69) is 11.9 Å². The molecule has 7 heteroatoms. The quantitative estimate of drug-likeness (QED) is 0.448. The van der Waals surface area contributed by atoms with Gasteiger partial charge in [0.05, 0.1) is 41.4 Å². The molecule has 2 saturated heterocycles. The van der Waals surface area contributed by atoms with Crippen molar-refractivity contribution in [1.82, 2.24) is 4.98 Å². The summed E-state index contributed by atoms with van der Waals surface area (Å²) in [5.74, 6) is -1.22. The number of ether oxygens (including phenoxy) is 2. The molecule has 4 rings (SSSR count). The molecule has 37 heavy (non-hydrogen) atoms. The summed E-state index contributed by atoms with van der Waals surface area (Å²) >= 11 is 0. The Kier molecular flexibility index (Phi) is 8.56. The highest BCUT2D eigenvalue weighted by atomic mass is 16.6. The maximum absolute atomic E-state index is 13.7. The van der Waals surface area contributed by atoms with Gasteiger partial charge in [0.15, 0.2) is 0 Å². The zero-order valence-corrected chi connectivity index (χ0v) is 22.7. The van der Waals surface area contributed by atoms with E-state index in [9.17, 15) is 19.8 Å². The fourth-order valence-corrected chi connectivity index (χ4v) is 6.27. The number of Topliss-reactive ketones (excluding diaryl/α,β-unsaturated/α-hetero) is 1. The molecule has 204 valence electrons. The van der Waals surface area contributed by atoms with Gasteiger partial charge in [-0.15, -0.1) is 0 Å². The molecule has 0 bridgehead atoms. The van der Waals surface area contributed by atoms with Crippen molar-refractivity contribution in [2.24, 2.45) is 17.3 Å². The lowest BCUT2D eigenvalue weighted by Gasteiger charge is -2.46. The Bertz CT molecular complexity index is 989. The molecule has 7 nitrogen and oxygen atoms in total. The number of carbonyl (C=O) groups is 2. The molecule has 0 radical (unpaired) electrons. The smallest absolute Gasteiger partial charge is 0.309 e. The lowest BCUT2D eigenvalue weighted by atomic mass is 9.58. The number of hydrogen-bond acceptors (Lipinski definition) is 7. The van der Waals surface area contributed by atoms with Gasteiger partial charge in [0, 0.05) is 18.5 Å². The van der Waals surface area contributed by atoms with Crippen LogP contribution < -0.4 is 0 Å². The van der Waals surface area contributed by atoms with Crippen molar-refractivity contribution in [1.29, 1.82) is 0 Å². The second kappa shape index (κ2) is 11.3. The summed E-state index contributed by atoms with van der Waals surface area (Å²) in [6, 6.07) is 5.66. The Balaban J connectivity index is 1.60. The number of nitrogens with zero attached hydrogens (tertiary/aromatic N) is 1. The van der Waals surface area contributed by atoms with E-state index < -0.39 is 35.6 Å². The van der Waals surface area contributed by atoms with Crippen LogP contribution in [0.15, 0.2) is 30.0 Å². The Morgan fingerprint density at radius 3 is 2.57 bits per heavy atom. The molecule has 0 aromatic carbocycles. The third-order valence-corrected chi connectivity index (χ3v) is 9.15. The number of pyridine rings is 1. The van der Waals surface area contributed by atoms with Crippen molar-refractivity contribution in [3.63, 3.8) is 0 Å². The van der Waals surface area contributed by atoms with Crippen molar-refractivity contribution >= 4 is 17.8 Å². The number of epoxide rings is 1. The van der Waals surface area contributed by atoms with Crippen LogP contribution in [0.3, 0.4) is 0 Å². The zero-order chi connectivity index (χ0) is 26.8. The van der Waals surface area contributed by atoms with Gasteiger partial charge in [0.1, 0.15) is 11.9 Å². The van der Waals surface area contributed by atoms with Gasteiger partial charge in [0.2, 0.25) is 0 Å². The molecule has 1 aromatic heterocycles. The molecule has 7 atom stereocenters. The number of aliphatic hydroxyl groups is 2. The van der Waals surface area contributed by atoms with Crippen molar-refractivity contribution in [3.8, 4) is 0 Å². The SMILES string of the molecule is CC[C@H]1C(=O)C2(CCC2)[C@@H](O)CC(=O)O[C@H](C(C)=Cc2ccccn2)C[C@H]2O[C@@]2(C)CCC[C@H](C)[C@@H]1O. The topological polar surface area (TPSA) is 109 Å². The number of esters is 1. The van der Waals surface area contributed by atoms with E-state index in [0.29, 0.717) is 25.7 Å². The summed E-state index contributed by atoms with van der Waals surface area (Å²) in [6.45, 7) is 7.92. The Labute approximate surface area is 220 Å². The summed E-state index contributed by atoms with van der Waals surface area (Å²) < 4.78 is 12.0. The fourth-order valence-electron chi connectivity index (χ4n) is 6.27. The summed E-state index contributed by atoms with van der Waals surface area (Å²) in [7, 11) is 0. The number of hydrogen-bond donors (Lipinski definition) is 2. The predicted octanol–water partition coefficient (Wildman–Crippen LogP) is 4.64. The van der Waals surface area contributed by atoms with E-state index in [-0.39, 0.29) is 29.8 Å². The molecule has 0 unspecified atom stereocenters. The molecule has 0 amide bonds. The van der Waals surface area contributed by atoms with Crippen molar-refractivity contribution in [2.75, 3.05) is 0 Å². The van der Waals surface area contributed by atoms with Crippen LogP contribution in [0.1, 0.15) is 91.2 Å². The number of ketones is 1. The zero-order valence-electron chi connectivity index (χ0n) is 22.7. The largest absolute Gasteiger partial charge is 0.458 e. The molecular formula is C30H43NO6. The van der Waals surface area contributed by atoms with E-state index in [0.717, 1.165) is 37.0 Å². The fraction of sp³-hybridized carbons (Fsp3) is 0.700. The van der Waals surface area contributed by atoms with Gasteiger partial charge < -0.3 is 19.7 Å². The minimum atomic E-state index is -1.13. The highest BCUT2D eigenvalue weighted by Gasteiger charge is 2.55. The maximum Gasteiger partial charge on any atom is 0.309 e. The maximum atomic E-state index is 13.7. The summed E-state index contributed by atoms with van der Waals surface area (Å²) in [6.07, 6.45) is 6.36. The molecule has 1 aromatic rings. The third-order valence-electron chi connectivity index (χ3n) is 9.15. The van der Waals surface area contributed by atoms with E-state index in [1.165, 1.54) is 0 Å². The number of rotatable bonds is 3. The van der Waals surface area contributed by atoms with Crippen LogP contribution in [0.2, 0.25) is 0 Å². The Hall–Kier alpha value is -2.09. The van der Waals surface area contributed by atoms with E-state index in [1.807, 2.05) is 45.0 Å². The van der Waals surface area contributed by atoms with Crippen molar-refractivity contribution < 1.29 is 29.3 Å². The van der Waals surface area contributed by atoms with Gasteiger partial charge in [0.25, 0.3) is 0 Å². The molecule has 1 saturated carbocycles. The summed E-state index contributed by atoms with van der Waals surface area (Å²) in [5.41, 5.74) is 0.356. The van der Waals surface area contributed by atoms with Crippen LogP contribution in [-0.4, -0.2) is 57.0 Å². The lowest BCUT2D eigenvalue weighted by Crippen LogP contribution is -2.53.